The maximum absolute atomic E-state index is 11.8. The monoisotopic (exact) mass is 474 g/mol. The van der Waals surface area contributed by atoms with Gasteiger partial charge in [0, 0.05) is 22.0 Å². The molecule has 4 nitrogen and oxygen atoms in total. The van der Waals surface area contributed by atoms with Crippen LogP contribution >= 0.6 is 22.6 Å². The summed E-state index contributed by atoms with van der Waals surface area (Å²) in [5.74, 6) is 0.175. The molecule has 0 aliphatic heterocycles. The standard InChI is InChI=1S/C21H31IO4/c1-17(2)15-25-20(23)13-7-5-3-4-6-8-14-21(24)26-16-18-11-9-10-12-19(18)22/h9-12,17H,3-8,13-16H2,1-2H3. The predicted octanol–water partition coefficient (Wildman–Crippen LogP) is 5.65. The summed E-state index contributed by atoms with van der Waals surface area (Å²) < 4.78 is 11.6. The van der Waals surface area contributed by atoms with Crippen molar-refractivity contribution in [1.29, 1.82) is 0 Å². The van der Waals surface area contributed by atoms with Crippen LogP contribution in [0.2, 0.25) is 0 Å². The van der Waals surface area contributed by atoms with Crippen molar-refractivity contribution in [1.82, 2.24) is 0 Å². The molecule has 1 aromatic carbocycles. The predicted molar refractivity (Wildman–Crippen MR) is 112 cm³/mol. The lowest BCUT2D eigenvalue weighted by molar-refractivity contribution is -0.145. The van der Waals surface area contributed by atoms with Gasteiger partial charge in [0.15, 0.2) is 0 Å². The second-order valence-corrected chi connectivity index (χ2v) is 8.11. The molecule has 0 aliphatic rings. The first-order valence-electron chi connectivity index (χ1n) is 9.53. The van der Waals surface area contributed by atoms with E-state index in [0.717, 1.165) is 47.7 Å². The van der Waals surface area contributed by atoms with E-state index in [2.05, 4.69) is 22.6 Å². The van der Waals surface area contributed by atoms with Gasteiger partial charge in [-0.05, 0) is 47.4 Å². The summed E-state index contributed by atoms with van der Waals surface area (Å²) in [6, 6.07) is 7.92. The number of unbranched alkanes of at least 4 members (excludes halogenated alkanes) is 5. The largest absolute Gasteiger partial charge is 0.465 e. The molecule has 0 heterocycles. The van der Waals surface area contributed by atoms with Crippen LogP contribution in [0.1, 0.15) is 70.8 Å². The molecule has 0 N–H and O–H groups in total. The number of halogens is 1. The van der Waals surface area contributed by atoms with Crippen LogP contribution in [0.4, 0.5) is 0 Å². The molecule has 0 aromatic heterocycles. The van der Waals surface area contributed by atoms with Gasteiger partial charge in [0.2, 0.25) is 0 Å². The third kappa shape index (κ3) is 11.5. The zero-order chi connectivity index (χ0) is 19.2. The van der Waals surface area contributed by atoms with Crippen molar-refractivity contribution in [3.05, 3.63) is 33.4 Å². The van der Waals surface area contributed by atoms with E-state index in [4.69, 9.17) is 9.47 Å². The lowest BCUT2D eigenvalue weighted by Gasteiger charge is -2.07. The Kier molecular flexibility index (Phi) is 12.4. The topological polar surface area (TPSA) is 52.6 Å². The van der Waals surface area contributed by atoms with E-state index >= 15 is 0 Å². The average Bonchev–Trinajstić information content (AvgIpc) is 2.61. The smallest absolute Gasteiger partial charge is 0.306 e. The van der Waals surface area contributed by atoms with Crippen LogP contribution in [0, 0.1) is 9.49 Å². The molecule has 146 valence electrons. The van der Waals surface area contributed by atoms with E-state index in [-0.39, 0.29) is 11.9 Å². The highest BCUT2D eigenvalue weighted by molar-refractivity contribution is 14.1. The third-order valence-corrected chi connectivity index (χ3v) is 4.99. The molecule has 0 unspecified atom stereocenters. The Morgan fingerprint density at radius 3 is 2.00 bits per heavy atom. The minimum atomic E-state index is -0.127. The highest BCUT2D eigenvalue weighted by Gasteiger charge is 2.06. The highest BCUT2D eigenvalue weighted by Crippen LogP contribution is 2.14. The van der Waals surface area contributed by atoms with Crippen molar-refractivity contribution < 1.29 is 19.1 Å². The molecule has 0 bridgehead atoms. The molecule has 0 amide bonds. The van der Waals surface area contributed by atoms with Crippen LogP contribution in [-0.4, -0.2) is 18.5 Å². The van der Waals surface area contributed by atoms with E-state index in [1.54, 1.807) is 0 Å². The summed E-state index contributed by atoms with van der Waals surface area (Å²) in [4.78, 5) is 23.2. The number of carbonyl (C=O) groups excluding carboxylic acids is 2. The number of carbonyl (C=O) groups is 2. The molecule has 1 rings (SSSR count). The van der Waals surface area contributed by atoms with Crippen LogP contribution < -0.4 is 0 Å². The molecule has 0 aliphatic carbocycles. The molecule has 0 saturated carbocycles. The van der Waals surface area contributed by atoms with Gasteiger partial charge < -0.3 is 9.47 Å². The Morgan fingerprint density at radius 1 is 0.885 bits per heavy atom. The first kappa shape index (κ1) is 22.9. The van der Waals surface area contributed by atoms with Crippen molar-refractivity contribution in [2.24, 2.45) is 5.92 Å². The summed E-state index contributed by atoms with van der Waals surface area (Å²) in [7, 11) is 0. The summed E-state index contributed by atoms with van der Waals surface area (Å²) in [5, 5.41) is 0. The quantitative estimate of drug-likeness (QED) is 0.211. The SMILES string of the molecule is CC(C)COC(=O)CCCCCCCCC(=O)OCc1ccccc1I. The molecular formula is C21H31IO4. The lowest BCUT2D eigenvalue weighted by Crippen LogP contribution is -2.09. The molecule has 26 heavy (non-hydrogen) atoms. The second kappa shape index (κ2) is 14.0. The zero-order valence-electron chi connectivity index (χ0n) is 16.0. The Labute approximate surface area is 171 Å². The van der Waals surface area contributed by atoms with Crippen LogP contribution in [0.3, 0.4) is 0 Å². The molecular weight excluding hydrogens is 443 g/mol. The van der Waals surface area contributed by atoms with Gasteiger partial charge in [0.1, 0.15) is 6.61 Å². The fourth-order valence-electron chi connectivity index (χ4n) is 2.42. The highest BCUT2D eigenvalue weighted by atomic mass is 127. The maximum Gasteiger partial charge on any atom is 0.306 e. The number of esters is 2. The maximum atomic E-state index is 11.8. The minimum absolute atomic E-state index is 0.0884. The van der Waals surface area contributed by atoms with Crippen LogP contribution in [0.25, 0.3) is 0 Å². The van der Waals surface area contributed by atoms with Crippen LogP contribution in [-0.2, 0) is 25.7 Å². The fourth-order valence-corrected chi connectivity index (χ4v) is 2.97. The van der Waals surface area contributed by atoms with E-state index in [1.807, 2.05) is 38.1 Å². The van der Waals surface area contributed by atoms with Gasteiger partial charge in [-0.25, -0.2) is 0 Å². The molecule has 5 heteroatoms. The number of benzene rings is 1. The summed E-state index contributed by atoms with van der Waals surface area (Å²) in [6.45, 7) is 4.93. The van der Waals surface area contributed by atoms with Crippen molar-refractivity contribution in [2.45, 2.75) is 71.8 Å². The van der Waals surface area contributed by atoms with Crippen LogP contribution in [0.5, 0.6) is 0 Å². The van der Waals surface area contributed by atoms with Crippen molar-refractivity contribution >= 4 is 34.5 Å². The molecule has 0 saturated heterocycles. The fraction of sp³-hybridized carbons (Fsp3) is 0.619. The zero-order valence-corrected chi connectivity index (χ0v) is 18.1. The first-order chi connectivity index (χ1) is 12.5. The average molecular weight is 474 g/mol. The Morgan fingerprint density at radius 2 is 1.42 bits per heavy atom. The molecule has 0 atom stereocenters. The molecule has 0 fully saturated rings. The van der Waals surface area contributed by atoms with Gasteiger partial charge in [-0.15, -0.1) is 0 Å². The number of hydrogen-bond acceptors (Lipinski definition) is 4. The number of hydrogen-bond donors (Lipinski definition) is 0. The van der Waals surface area contributed by atoms with Crippen molar-refractivity contribution in [3.8, 4) is 0 Å². The van der Waals surface area contributed by atoms with E-state index in [1.165, 1.54) is 0 Å². The first-order valence-corrected chi connectivity index (χ1v) is 10.6. The van der Waals surface area contributed by atoms with Gasteiger partial charge in [-0.1, -0.05) is 57.7 Å². The number of rotatable bonds is 13. The normalized spacial score (nSPS) is 10.8. The van der Waals surface area contributed by atoms with Gasteiger partial charge >= 0.3 is 11.9 Å². The third-order valence-electron chi connectivity index (χ3n) is 3.94. The Balaban J connectivity index is 1.94. The van der Waals surface area contributed by atoms with E-state index in [0.29, 0.717) is 32.0 Å². The van der Waals surface area contributed by atoms with Gasteiger partial charge in [-0.3, -0.25) is 9.59 Å². The van der Waals surface area contributed by atoms with Gasteiger partial charge in [-0.2, -0.15) is 0 Å². The van der Waals surface area contributed by atoms with E-state index < -0.39 is 0 Å². The van der Waals surface area contributed by atoms with Gasteiger partial charge in [0.25, 0.3) is 0 Å². The number of ether oxygens (including phenoxy) is 2. The Bertz CT molecular complexity index is 543. The lowest BCUT2D eigenvalue weighted by atomic mass is 10.1. The summed E-state index contributed by atoms with van der Waals surface area (Å²) in [5.41, 5.74) is 1.05. The van der Waals surface area contributed by atoms with Gasteiger partial charge in [0.05, 0.1) is 6.61 Å². The minimum Gasteiger partial charge on any atom is -0.465 e. The summed E-state index contributed by atoms with van der Waals surface area (Å²) >= 11 is 2.25. The van der Waals surface area contributed by atoms with E-state index in [9.17, 15) is 9.59 Å². The van der Waals surface area contributed by atoms with Crippen LogP contribution in [0.15, 0.2) is 24.3 Å². The molecule has 0 radical (unpaired) electrons. The molecule has 0 spiro atoms. The second-order valence-electron chi connectivity index (χ2n) is 6.95. The van der Waals surface area contributed by atoms with Crippen molar-refractivity contribution in [2.75, 3.05) is 6.61 Å². The van der Waals surface area contributed by atoms with Crippen molar-refractivity contribution in [3.63, 3.8) is 0 Å². The molecule has 1 aromatic rings. The Hall–Kier alpha value is -1.11. The summed E-state index contributed by atoms with van der Waals surface area (Å²) in [6.07, 6.45) is 6.97.